The van der Waals surface area contributed by atoms with Gasteiger partial charge in [-0.3, -0.25) is 10.1 Å². The number of nitrogens with two attached hydrogens (primary N) is 1. The van der Waals surface area contributed by atoms with Crippen molar-refractivity contribution in [3.63, 3.8) is 0 Å². The molecular formula is C12H9ClN6O2. The van der Waals surface area contributed by atoms with Gasteiger partial charge in [0.25, 0.3) is 5.91 Å². The summed E-state index contributed by atoms with van der Waals surface area (Å²) in [4.78, 5) is 26.8. The van der Waals surface area contributed by atoms with Gasteiger partial charge in [0.05, 0.1) is 11.9 Å². The molecule has 0 saturated carbocycles. The molecule has 21 heavy (non-hydrogen) atoms. The van der Waals surface area contributed by atoms with Crippen molar-refractivity contribution in [1.29, 1.82) is 0 Å². The summed E-state index contributed by atoms with van der Waals surface area (Å²) in [6.45, 7) is 0. The van der Waals surface area contributed by atoms with Gasteiger partial charge >= 0.3 is 0 Å². The lowest BCUT2D eigenvalue weighted by Gasteiger charge is -2.07. The number of phenolic OH excluding ortho intramolecular Hbond substituents is 1. The Balaban J connectivity index is 1.94. The number of benzene rings is 1. The van der Waals surface area contributed by atoms with E-state index in [0.717, 1.165) is 0 Å². The lowest BCUT2D eigenvalue weighted by Crippen LogP contribution is -2.16. The zero-order valence-electron chi connectivity index (χ0n) is 10.5. The highest BCUT2D eigenvalue weighted by atomic mass is 35.5. The molecule has 0 fully saturated rings. The van der Waals surface area contributed by atoms with E-state index in [2.05, 4.69) is 25.3 Å². The first kappa shape index (κ1) is 13.1. The molecule has 0 aliphatic rings. The minimum absolute atomic E-state index is 0.00709. The summed E-state index contributed by atoms with van der Waals surface area (Å²) >= 11 is 5.95. The van der Waals surface area contributed by atoms with E-state index < -0.39 is 5.91 Å². The number of fused-ring (bicyclic) bond motifs is 1. The number of nitrogens with zero attached hydrogens (tertiary/aromatic N) is 3. The number of hydrogen-bond acceptors (Lipinski definition) is 6. The molecule has 1 aromatic carbocycles. The second-order valence-electron chi connectivity index (χ2n) is 4.16. The van der Waals surface area contributed by atoms with Crippen LogP contribution < -0.4 is 11.1 Å². The van der Waals surface area contributed by atoms with Gasteiger partial charge in [-0.15, -0.1) is 0 Å². The number of carbonyl (C=O) groups is 1. The van der Waals surface area contributed by atoms with Crippen LogP contribution in [0.5, 0.6) is 5.75 Å². The van der Waals surface area contributed by atoms with Crippen molar-refractivity contribution in [2.45, 2.75) is 0 Å². The van der Waals surface area contributed by atoms with Gasteiger partial charge in [0.15, 0.2) is 10.8 Å². The maximum atomic E-state index is 12.1. The summed E-state index contributed by atoms with van der Waals surface area (Å²) in [6, 6.07) is 4.06. The highest BCUT2D eigenvalue weighted by Crippen LogP contribution is 2.21. The van der Waals surface area contributed by atoms with Crippen LogP contribution in [0, 0.1) is 0 Å². The van der Waals surface area contributed by atoms with E-state index in [1.54, 1.807) is 0 Å². The molecule has 2 heterocycles. The number of amides is 1. The monoisotopic (exact) mass is 304 g/mol. The molecule has 0 aliphatic heterocycles. The Hall–Kier alpha value is -2.87. The van der Waals surface area contributed by atoms with Crippen molar-refractivity contribution in [3.8, 4) is 5.75 Å². The molecular weight excluding hydrogens is 296 g/mol. The number of carbonyl (C=O) groups excluding carboxylic acids is 1. The Morgan fingerprint density at radius 1 is 1.38 bits per heavy atom. The summed E-state index contributed by atoms with van der Waals surface area (Å²) < 4.78 is 0. The molecule has 0 bridgehead atoms. The number of rotatable bonds is 2. The fraction of sp³-hybridized carbons (Fsp3) is 0. The Morgan fingerprint density at radius 2 is 2.19 bits per heavy atom. The molecule has 5 N–H and O–H groups in total. The Kier molecular flexibility index (Phi) is 3.07. The number of anilines is 2. The summed E-state index contributed by atoms with van der Waals surface area (Å²) in [5, 5.41) is 12.0. The topological polar surface area (TPSA) is 130 Å². The van der Waals surface area contributed by atoms with Crippen molar-refractivity contribution in [1.82, 2.24) is 19.9 Å². The summed E-state index contributed by atoms with van der Waals surface area (Å²) in [5.41, 5.74) is 6.83. The van der Waals surface area contributed by atoms with Crippen LogP contribution in [0.4, 0.5) is 11.6 Å². The van der Waals surface area contributed by atoms with Crippen LogP contribution in [-0.2, 0) is 0 Å². The minimum atomic E-state index is -0.561. The lowest BCUT2D eigenvalue weighted by molar-refractivity contribution is 0.102. The Bertz CT molecular complexity index is 847. The fourth-order valence-electron chi connectivity index (χ4n) is 1.76. The molecule has 0 spiro atoms. The fourth-order valence-corrected chi connectivity index (χ4v) is 1.98. The summed E-state index contributed by atoms with van der Waals surface area (Å²) in [5.74, 6) is -0.641. The second kappa shape index (κ2) is 4.91. The Labute approximate surface area is 123 Å². The SMILES string of the molecule is Nc1ccc(O)cc1C(=O)Nc1nc(Cl)c2[nH]cnc2n1. The van der Waals surface area contributed by atoms with E-state index in [0.29, 0.717) is 11.2 Å². The molecule has 0 aliphatic carbocycles. The third kappa shape index (κ3) is 2.43. The van der Waals surface area contributed by atoms with Gasteiger partial charge in [-0.05, 0) is 18.2 Å². The molecule has 106 valence electrons. The quantitative estimate of drug-likeness (QED) is 0.323. The number of aromatic hydroxyl groups is 1. The van der Waals surface area contributed by atoms with Gasteiger partial charge in [-0.2, -0.15) is 9.97 Å². The number of nitrogen functional groups attached to an aromatic ring is 1. The molecule has 0 unspecified atom stereocenters. The maximum Gasteiger partial charge on any atom is 0.260 e. The number of H-pyrrole nitrogens is 1. The number of aromatic nitrogens is 4. The van der Waals surface area contributed by atoms with Crippen molar-refractivity contribution in [3.05, 3.63) is 35.2 Å². The number of halogens is 1. The van der Waals surface area contributed by atoms with Crippen molar-refractivity contribution < 1.29 is 9.90 Å². The molecule has 1 amide bonds. The number of hydrogen-bond donors (Lipinski definition) is 4. The van der Waals surface area contributed by atoms with Crippen molar-refractivity contribution >= 4 is 40.3 Å². The van der Waals surface area contributed by atoms with Crippen LogP contribution >= 0.6 is 11.6 Å². The van der Waals surface area contributed by atoms with E-state index in [9.17, 15) is 9.90 Å². The normalized spacial score (nSPS) is 10.7. The van der Waals surface area contributed by atoms with Gasteiger partial charge in [-0.1, -0.05) is 11.6 Å². The molecule has 0 saturated heterocycles. The van der Waals surface area contributed by atoms with Gasteiger partial charge < -0.3 is 15.8 Å². The highest BCUT2D eigenvalue weighted by molar-refractivity contribution is 6.33. The van der Waals surface area contributed by atoms with Crippen LogP contribution in [-0.4, -0.2) is 30.9 Å². The van der Waals surface area contributed by atoms with Crippen molar-refractivity contribution in [2.75, 3.05) is 11.1 Å². The third-order valence-corrected chi connectivity index (χ3v) is 3.02. The molecule has 2 aromatic heterocycles. The minimum Gasteiger partial charge on any atom is -0.508 e. The van der Waals surface area contributed by atoms with Crippen LogP contribution in [0.2, 0.25) is 5.15 Å². The molecule has 0 radical (unpaired) electrons. The average Bonchev–Trinajstić information content (AvgIpc) is 2.90. The summed E-state index contributed by atoms with van der Waals surface area (Å²) in [7, 11) is 0. The van der Waals surface area contributed by atoms with E-state index in [1.807, 2.05) is 0 Å². The number of phenols is 1. The molecule has 3 aromatic rings. The van der Waals surface area contributed by atoms with E-state index in [4.69, 9.17) is 17.3 Å². The Morgan fingerprint density at radius 3 is 3.00 bits per heavy atom. The molecule has 0 atom stereocenters. The first-order valence-electron chi connectivity index (χ1n) is 5.81. The number of aromatic amines is 1. The first-order valence-corrected chi connectivity index (χ1v) is 6.19. The van der Waals surface area contributed by atoms with Gasteiger partial charge in [0.1, 0.15) is 11.3 Å². The number of imidazole rings is 1. The van der Waals surface area contributed by atoms with E-state index in [1.165, 1.54) is 24.5 Å². The molecule has 8 nitrogen and oxygen atoms in total. The molecule has 9 heteroatoms. The third-order valence-electron chi connectivity index (χ3n) is 2.75. The zero-order valence-corrected chi connectivity index (χ0v) is 11.2. The van der Waals surface area contributed by atoms with Crippen LogP contribution in [0.3, 0.4) is 0 Å². The van der Waals surface area contributed by atoms with Gasteiger partial charge in [0, 0.05) is 5.69 Å². The highest BCUT2D eigenvalue weighted by Gasteiger charge is 2.14. The summed E-state index contributed by atoms with van der Waals surface area (Å²) in [6.07, 6.45) is 1.42. The van der Waals surface area contributed by atoms with Crippen LogP contribution in [0.1, 0.15) is 10.4 Å². The van der Waals surface area contributed by atoms with E-state index in [-0.39, 0.29) is 28.1 Å². The van der Waals surface area contributed by atoms with Gasteiger partial charge in [0.2, 0.25) is 5.95 Å². The standard InChI is InChI=1S/C12H9ClN6O2/c13-9-8-10(16-4-15-8)18-12(17-9)19-11(21)6-3-5(20)1-2-7(6)14/h1-4,20H,14H2,(H2,15,16,17,18,19,21). The van der Waals surface area contributed by atoms with Crippen LogP contribution in [0.25, 0.3) is 11.2 Å². The van der Waals surface area contributed by atoms with Crippen LogP contribution in [0.15, 0.2) is 24.5 Å². The predicted octanol–water partition coefficient (Wildman–Crippen LogP) is 1.55. The van der Waals surface area contributed by atoms with Gasteiger partial charge in [-0.25, -0.2) is 4.98 Å². The predicted molar refractivity (Wildman–Crippen MR) is 77.2 cm³/mol. The largest absolute Gasteiger partial charge is 0.508 e. The first-order chi connectivity index (χ1) is 10.0. The number of nitrogens with one attached hydrogen (secondary N) is 2. The second-order valence-corrected chi connectivity index (χ2v) is 4.52. The lowest BCUT2D eigenvalue weighted by atomic mass is 10.1. The van der Waals surface area contributed by atoms with E-state index >= 15 is 0 Å². The average molecular weight is 305 g/mol. The van der Waals surface area contributed by atoms with Crippen molar-refractivity contribution in [2.24, 2.45) is 0 Å². The maximum absolute atomic E-state index is 12.1. The molecule has 3 rings (SSSR count). The smallest absolute Gasteiger partial charge is 0.260 e. The zero-order chi connectivity index (χ0) is 15.0.